The van der Waals surface area contributed by atoms with E-state index >= 15 is 0 Å². The Morgan fingerprint density at radius 3 is 2.31 bits per heavy atom. The van der Waals surface area contributed by atoms with E-state index in [1.165, 1.54) is 18.2 Å². The Morgan fingerprint density at radius 1 is 1.04 bits per heavy atom. The molecular formula is C34H40F3N5O6. The van der Waals surface area contributed by atoms with Gasteiger partial charge in [0.2, 0.25) is 5.96 Å². The topological polar surface area (TPSA) is 134 Å². The monoisotopic (exact) mass is 671 g/mol. The third kappa shape index (κ3) is 9.07. The number of amides is 3. The first-order chi connectivity index (χ1) is 22.2. The summed E-state index contributed by atoms with van der Waals surface area (Å²) < 4.78 is 50.7. The maximum absolute atomic E-state index is 13.3. The van der Waals surface area contributed by atoms with Gasteiger partial charge in [0.05, 0.1) is 11.7 Å². The number of carbonyl (C=O) groups excluding carboxylic acids is 2. The number of nitrogens with zero attached hydrogens (tertiary/aromatic N) is 3. The maximum Gasteiger partial charge on any atom is 0.573 e. The van der Waals surface area contributed by atoms with Crippen molar-refractivity contribution in [1.82, 2.24) is 20.1 Å². The van der Waals surface area contributed by atoms with Crippen molar-refractivity contribution in [2.24, 2.45) is 4.99 Å². The molecule has 11 nitrogen and oxygen atoms in total. The summed E-state index contributed by atoms with van der Waals surface area (Å²) in [6.07, 6.45) is -6.94. The van der Waals surface area contributed by atoms with E-state index in [4.69, 9.17) is 4.74 Å². The van der Waals surface area contributed by atoms with Crippen LogP contribution in [-0.2, 0) is 4.74 Å². The first-order valence-electron chi connectivity index (χ1n) is 15.3. The van der Waals surface area contributed by atoms with Crippen molar-refractivity contribution in [2.75, 3.05) is 13.1 Å². The summed E-state index contributed by atoms with van der Waals surface area (Å²) in [7, 11) is 0. The molecular weight excluding hydrogens is 631 g/mol. The predicted molar refractivity (Wildman–Crippen MR) is 174 cm³/mol. The number of hydrogen-bond acceptors (Lipinski definition) is 5. The van der Waals surface area contributed by atoms with Crippen molar-refractivity contribution in [3.8, 4) is 28.1 Å². The fourth-order valence-corrected chi connectivity index (χ4v) is 5.53. The smallest absolute Gasteiger partial charge is 0.465 e. The van der Waals surface area contributed by atoms with Crippen LogP contribution in [0.1, 0.15) is 70.1 Å². The molecule has 1 aliphatic rings. The molecule has 0 aliphatic carbocycles. The van der Waals surface area contributed by atoms with Gasteiger partial charge in [0.15, 0.2) is 0 Å². The minimum Gasteiger partial charge on any atom is -0.465 e. The zero-order valence-corrected chi connectivity index (χ0v) is 27.9. The number of alkyl halides is 3. The third-order valence-electron chi connectivity index (χ3n) is 7.36. The number of aromatic nitrogens is 1. The van der Waals surface area contributed by atoms with E-state index in [-0.39, 0.29) is 25.0 Å². The predicted octanol–water partition coefficient (Wildman–Crippen LogP) is 7.36. The number of ether oxygens (including phenoxy) is 2. The number of aliphatic imine (C=N–C) groups is 1. The summed E-state index contributed by atoms with van der Waals surface area (Å²) in [5, 5.41) is 14.7. The van der Waals surface area contributed by atoms with Crippen LogP contribution in [0.2, 0.25) is 0 Å². The summed E-state index contributed by atoms with van der Waals surface area (Å²) in [6, 6.07) is 14.4. The lowest BCUT2D eigenvalue weighted by atomic mass is 9.99. The van der Waals surface area contributed by atoms with Gasteiger partial charge in [-0.1, -0.05) is 35.9 Å². The van der Waals surface area contributed by atoms with Crippen LogP contribution in [0, 0.1) is 6.92 Å². The van der Waals surface area contributed by atoms with Crippen molar-refractivity contribution < 1.29 is 42.1 Å². The van der Waals surface area contributed by atoms with Crippen LogP contribution in [-0.4, -0.2) is 69.2 Å². The molecule has 0 spiro atoms. The molecule has 0 saturated carbocycles. The molecule has 0 bridgehead atoms. The zero-order valence-electron chi connectivity index (χ0n) is 27.9. The SMILES string of the molecule is Cc1cccc(-c2c(-c3cccc(OC(F)(F)F)c3)cc3n2[C@@H](CCN(C(=NC(=O)OC(C)(C)C)NC(=O)O)C(C)(C)C)CNC3=O)c1. The number of benzene rings is 2. The fraction of sp³-hybridized carbons (Fsp3) is 0.412. The number of guanidine groups is 1. The Bertz CT molecular complexity index is 1720. The minimum absolute atomic E-state index is 0.182. The van der Waals surface area contributed by atoms with Gasteiger partial charge in [-0.2, -0.15) is 0 Å². The number of carboxylic acid groups (broad SMARTS) is 1. The van der Waals surface area contributed by atoms with Crippen LogP contribution in [0.5, 0.6) is 5.75 Å². The number of rotatable bonds is 6. The van der Waals surface area contributed by atoms with E-state index < -0.39 is 41.5 Å². The third-order valence-corrected chi connectivity index (χ3v) is 7.36. The Morgan fingerprint density at radius 2 is 1.71 bits per heavy atom. The van der Waals surface area contributed by atoms with Gasteiger partial charge in [0.25, 0.3) is 5.91 Å². The lowest BCUT2D eigenvalue weighted by molar-refractivity contribution is -0.274. The number of halogens is 3. The highest BCUT2D eigenvalue weighted by atomic mass is 19.4. The second kappa shape index (κ2) is 13.6. The number of nitrogens with one attached hydrogen (secondary N) is 2. The van der Waals surface area contributed by atoms with E-state index in [1.54, 1.807) is 37.8 Å². The second-order valence-corrected chi connectivity index (χ2v) is 13.4. The quantitative estimate of drug-likeness (QED) is 0.184. The molecule has 1 aromatic heterocycles. The number of hydrogen-bond donors (Lipinski definition) is 3. The summed E-state index contributed by atoms with van der Waals surface area (Å²) in [5.41, 5.74) is 1.93. The normalized spacial score (nSPS) is 15.3. The van der Waals surface area contributed by atoms with Crippen molar-refractivity contribution in [3.63, 3.8) is 0 Å². The molecule has 4 rings (SSSR count). The molecule has 3 amide bonds. The van der Waals surface area contributed by atoms with Crippen LogP contribution in [0.3, 0.4) is 0 Å². The Balaban J connectivity index is 1.81. The van der Waals surface area contributed by atoms with Gasteiger partial charge >= 0.3 is 18.5 Å². The molecule has 3 aromatic rings. The van der Waals surface area contributed by atoms with Gasteiger partial charge < -0.3 is 29.4 Å². The lowest BCUT2D eigenvalue weighted by Gasteiger charge is -2.39. The largest absolute Gasteiger partial charge is 0.573 e. The van der Waals surface area contributed by atoms with E-state index in [1.807, 2.05) is 56.5 Å². The average Bonchev–Trinajstić information content (AvgIpc) is 3.33. The van der Waals surface area contributed by atoms with Crippen LogP contribution in [0.15, 0.2) is 59.6 Å². The summed E-state index contributed by atoms with van der Waals surface area (Å²) in [6.45, 7) is 12.8. The molecule has 1 aliphatic heterocycles. The Hall–Kier alpha value is -5.01. The van der Waals surface area contributed by atoms with Gasteiger partial charge in [-0.25, -0.2) is 9.59 Å². The number of fused-ring (bicyclic) bond motifs is 1. The van der Waals surface area contributed by atoms with Gasteiger partial charge in [0.1, 0.15) is 17.0 Å². The van der Waals surface area contributed by atoms with E-state index in [0.717, 1.165) is 11.1 Å². The van der Waals surface area contributed by atoms with Crippen molar-refractivity contribution >= 4 is 24.1 Å². The molecule has 0 unspecified atom stereocenters. The number of aryl methyl sites for hydroxylation is 1. The highest BCUT2D eigenvalue weighted by Gasteiger charge is 2.35. The zero-order chi connectivity index (χ0) is 35.6. The molecule has 2 aromatic carbocycles. The first kappa shape index (κ1) is 35.8. The molecule has 2 heterocycles. The first-order valence-corrected chi connectivity index (χ1v) is 15.3. The van der Waals surface area contributed by atoms with Crippen LogP contribution < -0.4 is 15.4 Å². The number of carbonyl (C=O) groups is 3. The molecule has 258 valence electrons. The fourth-order valence-electron chi connectivity index (χ4n) is 5.53. The lowest BCUT2D eigenvalue weighted by Crippen LogP contribution is -2.54. The maximum atomic E-state index is 13.3. The minimum atomic E-state index is -4.89. The molecule has 3 N–H and O–H groups in total. The van der Waals surface area contributed by atoms with Crippen LogP contribution >= 0.6 is 0 Å². The van der Waals surface area contributed by atoms with Gasteiger partial charge in [-0.3, -0.25) is 10.1 Å². The van der Waals surface area contributed by atoms with Gasteiger partial charge in [-0.15, -0.1) is 18.2 Å². The molecule has 0 saturated heterocycles. The highest BCUT2D eigenvalue weighted by Crippen LogP contribution is 2.41. The average molecular weight is 672 g/mol. The molecule has 1 atom stereocenters. The molecule has 0 radical (unpaired) electrons. The standard InChI is InChI=1S/C34H40F3N5O6/c1-20-10-8-12-22(16-20)27-25(21-11-9-13-24(17-21)47-34(35,36)37)18-26-28(43)38-19-23(42(26)27)14-15-41(32(2,3)4)29(39-30(44)45)40-31(46)48-33(5,6)7/h8-13,16-18,23H,14-15,19H2,1-7H3,(H,38,43)(H,44,45)(H,39,40,46)/t23-/m0/s1. The van der Waals surface area contributed by atoms with Crippen molar-refractivity contribution in [1.29, 1.82) is 0 Å². The van der Waals surface area contributed by atoms with Gasteiger partial charge in [-0.05, 0) is 90.3 Å². The molecule has 0 fully saturated rings. The molecule has 14 heteroatoms. The van der Waals surface area contributed by atoms with Crippen LogP contribution in [0.4, 0.5) is 22.8 Å². The summed E-state index contributed by atoms with van der Waals surface area (Å²) in [4.78, 5) is 43.3. The van der Waals surface area contributed by atoms with E-state index in [0.29, 0.717) is 28.9 Å². The van der Waals surface area contributed by atoms with E-state index in [2.05, 4.69) is 20.4 Å². The Kier molecular flexibility index (Phi) is 10.2. The van der Waals surface area contributed by atoms with E-state index in [9.17, 15) is 32.7 Å². The second-order valence-electron chi connectivity index (χ2n) is 13.4. The van der Waals surface area contributed by atoms with Crippen molar-refractivity contribution in [2.45, 2.75) is 78.4 Å². The summed E-state index contributed by atoms with van der Waals surface area (Å²) in [5.74, 6) is -0.983. The molecule has 48 heavy (non-hydrogen) atoms. The van der Waals surface area contributed by atoms with Gasteiger partial charge in [0, 0.05) is 24.2 Å². The van der Waals surface area contributed by atoms with Crippen molar-refractivity contribution in [3.05, 3.63) is 65.9 Å². The van der Waals surface area contributed by atoms with Crippen LogP contribution in [0.25, 0.3) is 22.4 Å². The Labute approximate surface area is 276 Å². The highest BCUT2D eigenvalue weighted by molar-refractivity contribution is 5.99. The summed E-state index contributed by atoms with van der Waals surface area (Å²) >= 11 is 0.